The second kappa shape index (κ2) is 9.59. The van der Waals surface area contributed by atoms with Gasteiger partial charge < -0.3 is 10.6 Å². The second-order valence-electron chi connectivity index (χ2n) is 6.57. The van der Waals surface area contributed by atoms with E-state index in [0.717, 1.165) is 28.9 Å². The van der Waals surface area contributed by atoms with Crippen LogP contribution in [0.15, 0.2) is 73.1 Å². The molecule has 4 nitrogen and oxygen atoms in total. The first-order chi connectivity index (χ1) is 14.0. The third-order valence-corrected chi connectivity index (χ3v) is 4.34. The summed E-state index contributed by atoms with van der Waals surface area (Å²) in [5.74, 6) is -1.74. The van der Waals surface area contributed by atoms with E-state index in [1.54, 1.807) is 12.4 Å². The molecular formula is C23H21F2N3O. The molecule has 1 heterocycles. The number of hydrogen-bond acceptors (Lipinski definition) is 3. The zero-order chi connectivity index (χ0) is 20.6. The number of halogens is 2. The third-order valence-electron chi connectivity index (χ3n) is 4.34. The monoisotopic (exact) mass is 393 g/mol. The number of rotatable bonds is 7. The van der Waals surface area contributed by atoms with Crippen LogP contribution in [0, 0.1) is 11.6 Å². The van der Waals surface area contributed by atoms with Gasteiger partial charge in [-0.05, 0) is 54.5 Å². The average molecular weight is 393 g/mol. The molecule has 0 saturated heterocycles. The molecule has 1 atom stereocenters. The first kappa shape index (κ1) is 20.2. The molecule has 6 heteroatoms. The molecule has 0 aliphatic carbocycles. The van der Waals surface area contributed by atoms with E-state index < -0.39 is 11.6 Å². The molecular weight excluding hydrogens is 372 g/mol. The summed E-state index contributed by atoms with van der Waals surface area (Å²) in [6.45, 7) is 2.51. The summed E-state index contributed by atoms with van der Waals surface area (Å²) in [5.41, 5.74) is 3.07. The van der Waals surface area contributed by atoms with Gasteiger partial charge in [0.1, 0.15) is 11.6 Å². The van der Waals surface area contributed by atoms with Gasteiger partial charge in [0.05, 0.1) is 6.04 Å². The van der Waals surface area contributed by atoms with Gasteiger partial charge in [0, 0.05) is 42.3 Å². The van der Waals surface area contributed by atoms with E-state index in [0.29, 0.717) is 6.54 Å². The minimum absolute atomic E-state index is 0.149. The second-order valence-corrected chi connectivity index (χ2v) is 6.57. The predicted molar refractivity (Wildman–Crippen MR) is 110 cm³/mol. The van der Waals surface area contributed by atoms with E-state index >= 15 is 0 Å². The number of aromatic nitrogens is 1. The van der Waals surface area contributed by atoms with Crippen molar-refractivity contribution in [3.63, 3.8) is 0 Å². The van der Waals surface area contributed by atoms with E-state index in [2.05, 4.69) is 15.6 Å². The predicted octanol–water partition coefficient (Wildman–Crippen LogP) is 4.86. The van der Waals surface area contributed by atoms with Crippen LogP contribution in [0.25, 0.3) is 6.08 Å². The topological polar surface area (TPSA) is 54.0 Å². The summed E-state index contributed by atoms with van der Waals surface area (Å²) in [7, 11) is 0. The normalized spacial score (nSPS) is 12.0. The lowest BCUT2D eigenvalue weighted by atomic mass is 10.1. The summed E-state index contributed by atoms with van der Waals surface area (Å²) in [4.78, 5) is 16.2. The fraction of sp³-hybridized carbons (Fsp3) is 0.130. The maximum atomic E-state index is 13.6. The van der Waals surface area contributed by atoms with Crippen LogP contribution < -0.4 is 10.6 Å². The third kappa shape index (κ3) is 5.97. The van der Waals surface area contributed by atoms with Crippen molar-refractivity contribution < 1.29 is 13.6 Å². The summed E-state index contributed by atoms with van der Waals surface area (Å²) in [6, 6.07) is 14.6. The van der Waals surface area contributed by atoms with Crippen molar-refractivity contribution in [2.75, 3.05) is 5.32 Å². The molecule has 0 bridgehead atoms. The Labute approximate surface area is 168 Å². The van der Waals surface area contributed by atoms with Crippen molar-refractivity contribution in [1.29, 1.82) is 0 Å². The summed E-state index contributed by atoms with van der Waals surface area (Å²) >= 11 is 0. The lowest BCUT2D eigenvalue weighted by Gasteiger charge is -2.15. The number of carbonyl (C=O) groups is 1. The largest absolute Gasteiger partial charge is 0.381 e. The Morgan fingerprint density at radius 2 is 2.00 bits per heavy atom. The van der Waals surface area contributed by atoms with E-state index in [1.165, 1.54) is 18.2 Å². The zero-order valence-corrected chi connectivity index (χ0v) is 15.9. The minimum Gasteiger partial charge on any atom is -0.381 e. The van der Waals surface area contributed by atoms with Gasteiger partial charge in [-0.25, -0.2) is 8.78 Å². The Balaban J connectivity index is 1.59. The Morgan fingerprint density at radius 3 is 2.76 bits per heavy atom. The Morgan fingerprint density at radius 1 is 1.14 bits per heavy atom. The lowest BCUT2D eigenvalue weighted by molar-refractivity contribution is -0.117. The van der Waals surface area contributed by atoms with Gasteiger partial charge in [-0.2, -0.15) is 0 Å². The summed E-state index contributed by atoms with van der Waals surface area (Å²) < 4.78 is 26.6. The molecule has 0 radical (unpaired) electrons. The summed E-state index contributed by atoms with van der Waals surface area (Å²) in [5, 5.41) is 6.17. The molecule has 2 aromatic carbocycles. The van der Waals surface area contributed by atoms with Gasteiger partial charge in [0.15, 0.2) is 0 Å². The SMILES string of the molecule is C[C@H](NC(=O)/C=C/c1ccc(F)cc1F)c1cccc(NCc2cccnc2)c1. The standard InChI is InChI=1S/C23H21F2N3O/c1-16(28-23(29)10-8-18-7-9-20(24)13-22(18)25)19-5-2-6-21(12-19)27-15-17-4-3-11-26-14-17/h2-14,16,27H,15H2,1H3,(H,28,29)/b10-8+/t16-/m0/s1. The lowest BCUT2D eigenvalue weighted by Crippen LogP contribution is -2.24. The molecule has 0 spiro atoms. The van der Waals surface area contributed by atoms with E-state index in [1.807, 2.05) is 43.3 Å². The van der Waals surface area contributed by atoms with Crippen molar-refractivity contribution in [1.82, 2.24) is 10.3 Å². The molecule has 1 amide bonds. The molecule has 1 aromatic heterocycles. The molecule has 148 valence electrons. The summed E-state index contributed by atoms with van der Waals surface area (Å²) in [6.07, 6.45) is 6.09. The number of carbonyl (C=O) groups excluding carboxylic acids is 1. The number of pyridine rings is 1. The molecule has 0 aliphatic rings. The van der Waals surface area contributed by atoms with Crippen LogP contribution in [0.2, 0.25) is 0 Å². The highest BCUT2D eigenvalue weighted by molar-refractivity contribution is 5.92. The molecule has 29 heavy (non-hydrogen) atoms. The van der Waals surface area contributed by atoms with E-state index in [-0.39, 0.29) is 17.5 Å². The molecule has 0 unspecified atom stereocenters. The smallest absolute Gasteiger partial charge is 0.244 e. The Bertz CT molecular complexity index is 1010. The Hall–Kier alpha value is -3.54. The molecule has 0 aliphatic heterocycles. The Kier molecular flexibility index (Phi) is 6.68. The zero-order valence-electron chi connectivity index (χ0n) is 15.9. The molecule has 0 saturated carbocycles. The van der Waals surface area contributed by atoms with Crippen molar-refractivity contribution in [3.8, 4) is 0 Å². The van der Waals surface area contributed by atoms with Crippen molar-refractivity contribution in [3.05, 3.63) is 101 Å². The van der Waals surface area contributed by atoms with Crippen LogP contribution in [0.1, 0.15) is 29.7 Å². The van der Waals surface area contributed by atoms with Gasteiger partial charge in [-0.15, -0.1) is 0 Å². The van der Waals surface area contributed by atoms with Gasteiger partial charge in [0.2, 0.25) is 5.91 Å². The minimum atomic E-state index is -0.713. The first-order valence-electron chi connectivity index (χ1n) is 9.17. The number of hydrogen-bond donors (Lipinski definition) is 2. The number of nitrogens with one attached hydrogen (secondary N) is 2. The fourth-order valence-electron chi connectivity index (χ4n) is 2.77. The van der Waals surface area contributed by atoms with Gasteiger partial charge in [0.25, 0.3) is 0 Å². The highest BCUT2D eigenvalue weighted by Crippen LogP contribution is 2.18. The van der Waals surface area contributed by atoms with Crippen LogP contribution in [0.4, 0.5) is 14.5 Å². The van der Waals surface area contributed by atoms with Crippen LogP contribution in [-0.2, 0) is 11.3 Å². The molecule has 0 fully saturated rings. The van der Waals surface area contributed by atoms with Crippen LogP contribution >= 0.6 is 0 Å². The van der Waals surface area contributed by atoms with Crippen molar-refractivity contribution >= 4 is 17.7 Å². The van der Waals surface area contributed by atoms with E-state index in [9.17, 15) is 13.6 Å². The van der Waals surface area contributed by atoms with Gasteiger partial charge in [-0.1, -0.05) is 18.2 Å². The number of amides is 1. The number of anilines is 1. The van der Waals surface area contributed by atoms with Gasteiger partial charge in [-0.3, -0.25) is 9.78 Å². The number of nitrogens with zero attached hydrogens (tertiary/aromatic N) is 1. The van der Waals surface area contributed by atoms with Crippen molar-refractivity contribution in [2.24, 2.45) is 0 Å². The quantitative estimate of drug-likeness (QED) is 0.564. The van der Waals surface area contributed by atoms with E-state index in [4.69, 9.17) is 0 Å². The van der Waals surface area contributed by atoms with Gasteiger partial charge >= 0.3 is 0 Å². The van der Waals surface area contributed by atoms with Crippen molar-refractivity contribution in [2.45, 2.75) is 19.5 Å². The van der Waals surface area contributed by atoms with Crippen LogP contribution in [0.3, 0.4) is 0 Å². The molecule has 3 rings (SSSR count). The van der Waals surface area contributed by atoms with Crippen LogP contribution in [0.5, 0.6) is 0 Å². The maximum absolute atomic E-state index is 13.6. The maximum Gasteiger partial charge on any atom is 0.244 e. The highest BCUT2D eigenvalue weighted by Gasteiger charge is 2.09. The fourth-order valence-corrected chi connectivity index (χ4v) is 2.77. The first-order valence-corrected chi connectivity index (χ1v) is 9.17. The average Bonchev–Trinajstić information content (AvgIpc) is 2.72. The molecule has 3 aromatic rings. The van der Waals surface area contributed by atoms with Crippen LogP contribution in [-0.4, -0.2) is 10.9 Å². The number of benzene rings is 2. The molecule has 2 N–H and O–H groups in total. The highest BCUT2D eigenvalue weighted by atomic mass is 19.1.